The monoisotopic (exact) mass is 435 g/mol. The second-order valence-corrected chi connectivity index (χ2v) is 10.5. The molecular formula is C20H25F4NO3S. The lowest BCUT2D eigenvalue weighted by Crippen LogP contribution is -2.39. The maximum absolute atomic E-state index is 13.6. The standard InChI is InChI=1S/C20H25F4NO3S/c21-14-9-13(20(22,23)24)10-16(11-14)29(27,28)15-7-12(8-15)5-6-19(26)17-3-1-2-4-18(17)25/h9-12,15,17-18H,1-8,25H2/t12?,15?,17-,18-/m0/s1. The molecule has 4 nitrogen and oxygen atoms in total. The van der Waals surface area contributed by atoms with Crippen molar-refractivity contribution in [2.75, 3.05) is 0 Å². The lowest BCUT2D eigenvalue weighted by molar-refractivity contribution is -0.138. The summed E-state index contributed by atoms with van der Waals surface area (Å²) in [5.41, 5.74) is 4.70. The molecular weight excluding hydrogens is 410 g/mol. The predicted molar refractivity (Wildman–Crippen MR) is 99.3 cm³/mol. The first-order chi connectivity index (χ1) is 13.5. The van der Waals surface area contributed by atoms with Crippen molar-refractivity contribution in [1.29, 1.82) is 0 Å². The number of rotatable bonds is 6. The van der Waals surface area contributed by atoms with Gasteiger partial charge in [-0.25, -0.2) is 12.8 Å². The molecule has 2 N–H and O–H groups in total. The van der Waals surface area contributed by atoms with E-state index in [0.29, 0.717) is 25.0 Å². The van der Waals surface area contributed by atoms with Crippen molar-refractivity contribution in [3.8, 4) is 0 Å². The molecule has 2 saturated carbocycles. The van der Waals surface area contributed by atoms with E-state index in [1.807, 2.05) is 0 Å². The molecule has 162 valence electrons. The number of Topliss-reactive ketones (excluding diaryl/α,β-unsaturated/α-hetero) is 1. The number of sulfone groups is 1. The van der Waals surface area contributed by atoms with Gasteiger partial charge in [0.1, 0.15) is 11.6 Å². The first-order valence-electron chi connectivity index (χ1n) is 9.88. The first-order valence-corrected chi connectivity index (χ1v) is 11.4. The van der Waals surface area contributed by atoms with Crippen molar-refractivity contribution in [3.05, 3.63) is 29.6 Å². The van der Waals surface area contributed by atoms with Gasteiger partial charge < -0.3 is 5.73 Å². The van der Waals surface area contributed by atoms with Gasteiger partial charge in [-0.1, -0.05) is 12.8 Å². The van der Waals surface area contributed by atoms with Gasteiger partial charge in [0.05, 0.1) is 15.7 Å². The summed E-state index contributed by atoms with van der Waals surface area (Å²) >= 11 is 0. The molecule has 0 radical (unpaired) electrons. The molecule has 3 rings (SSSR count). The summed E-state index contributed by atoms with van der Waals surface area (Å²) in [5, 5.41) is -0.845. The molecule has 1 aromatic carbocycles. The van der Waals surface area contributed by atoms with E-state index in [2.05, 4.69) is 0 Å². The fourth-order valence-corrected chi connectivity index (χ4v) is 6.34. The molecule has 0 heterocycles. The third kappa shape index (κ3) is 4.99. The van der Waals surface area contributed by atoms with Crippen LogP contribution in [-0.4, -0.2) is 25.5 Å². The quantitative estimate of drug-likeness (QED) is 0.678. The fourth-order valence-electron chi connectivity index (χ4n) is 4.34. The summed E-state index contributed by atoms with van der Waals surface area (Å²) in [6.07, 6.45) is 0.253. The van der Waals surface area contributed by atoms with Crippen LogP contribution >= 0.6 is 0 Å². The van der Waals surface area contributed by atoms with E-state index in [0.717, 1.165) is 25.7 Å². The van der Waals surface area contributed by atoms with Crippen LogP contribution in [0.4, 0.5) is 17.6 Å². The van der Waals surface area contributed by atoms with Crippen LogP contribution in [0.2, 0.25) is 0 Å². The summed E-state index contributed by atoms with van der Waals surface area (Å²) in [5.74, 6) is -1.22. The van der Waals surface area contributed by atoms with Crippen molar-refractivity contribution < 1.29 is 30.8 Å². The number of carbonyl (C=O) groups is 1. The van der Waals surface area contributed by atoms with Gasteiger partial charge in [-0.05, 0) is 56.2 Å². The van der Waals surface area contributed by atoms with Gasteiger partial charge >= 0.3 is 6.18 Å². The molecule has 1 aromatic rings. The van der Waals surface area contributed by atoms with Gasteiger partial charge in [-0.15, -0.1) is 0 Å². The minimum Gasteiger partial charge on any atom is -0.327 e. The largest absolute Gasteiger partial charge is 0.416 e. The van der Waals surface area contributed by atoms with Crippen molar-refractivity contribution >= 4 is 15.6 Å². The van der Waals surface area contributed by atoms with Crippen LogP contribution in [0.5, 0.6) is 0 Å². The molecule has 29 heavy (non-hydrogen) atoms. The van der Waals surface area contributed by atoms with Crippen LogP contribution in [0.25, 0.3) is 0 Å². The topological polar surface area (TPSA) is 77.2 Å². The minimum atomic E-state index is -4.82. The van der Waals surface area contributed by atoms with Gasteiger partial charge in [0.25, 0.3) is 0 Å². The molecule has 0 aliphatic heterocycles. The van der Waals surface area contributed by atoms with E-state index in [1.54, 1.807) is 0 Å². The van der Waals surface area contributed by atoms with Crippen LogP contribution in [0.3, 0.4) is 0 Å². The Bertz CT molecular complexity index is 863. The van der Waals surface area contributed by atoms with Gasteiger partial charge in [0.2, 0.25) is 0 Å². The van der Waals surface area contributed by atoms with Crippen LogP contribution in [0, 0.1) is 17.7 Å². The average Bonchev–Trinajstić information content (AvgIpc) is 2.59. The highest BCUT2D eigenvalue weighted by Gasteiger charge is 2.41. The van der Waals surface area contributed by atoms with E-state index in [-0.39, 0.29) is 42.6 Å². The molecule has 2 aliphatic rings. The molecule has 0 saturated heterocycles. The normalized spacial score (nSPS) is 28.0. The van der Waals surface area contributed by atoms with Crippen LogP contribution in [0.1, 0.15) is 56.9 Å². The summed E-state index contributed by atoms with van der Waals surface area (Å²) in [6.45, 7) is 0. The maximum Gasteiger partial charge on any atom is 0.416 e. The summed E-state index contributed by atoms with van der Waals surface area (Å²) in [6, 6.07) is 1.29. The average molecular weight is 435 g/mol. The van der Waals surface area contributed by atoms with Crippen molar-refractivity contribution in [2.24, 2.45) is 17.6 Å². The fraction of sp³-hybridized carbons (Fsp3) is 0.650. The van der Waals surface area contributed by atoms with E-state index in [9.17, 15) is 30.8 Å². The molecule has 2 fully saturated rings. The molecule has 0 spiro atoms. The Labute approximate surface area is 167 Å². The van der Waals surface area contributed by atoms with Crippen LogP contribution in [0.15, 0.2) is 23.1 Å². The Kier molecular flexibility index (Phi) is 6.38. The third-order valence-electron chi connectivity index (χ3n) is 6.19. The van der Waals surface area contributed by atoms with Crippen LogP contribution in [-0.2, 0) is 20.8 Å². The highest BCUT2D eigenvalue weighted by molar-refractivity contribution is 7.92. The molecule has 0 bridgehead atoms. The van der Waals surface area contributed by atoms with E-state index in [4.69, 9.17) is 5.73 Å². The smallest absolute Gasteiger partial charge is 0.327 e. The SMILES string of the molecule is N[C@H]1CCCC[C@@H]1C(=O)CCC1CC(S(=O)(=O)c2cc(F)cc(C(F)(F)F)c2)C1. The van der Waals surface area contributed by atoms with Crippen LogP contribution < -0.4 is 5.73 Å². The molecule has 0 amide bonds. The Morgan fingerprint density at radius 2 is 1.76 bits per heavy atom. The lowest BCUT2D eigenvalue weighted by Gasteiger charge is -2.35. The number of benzene rings is 1. The molecule has 9 heteroatoms. The Hall–Kier alpha value is -1.48. The number of hydrogen-bond donors (Lipinski definition) is 1. The van der Waals surface area contributed by atoms with E-state index >= 15 is 0 Å². The van der Waals surface area contributed by atoms with Gasteiger partial charge in [0, 0.05) is 18.4 Å². The second kappa shape index (κ2) is 8.34. The highest BCUT2D eigenvalue weighted by Crippen LogP contribution is 2.40. The summed E-state index contributed by atoms with van der Waals surface area (Å²) < 4.78 is 77.3. The lowest BCUT2D eigenvalue weighted by atomic mass is 9.77. The number of halogens is 4. The Morgan fingerprint density at radius 3 is 2.38 bits per heavy atom. The first kappa shape index (κ1) is 22.2. The highest BCUT2D eigenvalue weighted by atomic mass is 32.2. The summed E-state index contributed by atoms with van der Waals surface area (Å²) in [7, 11) is -4.05. The van der Waals surface area contributed by atoms with Crippen molar-refractivity contribution in [2.45, 2.75) is 73.7 Å². The molecule has 2 aliphatic carbocycles. The zero-order valence-electron chi connectivity index (χ0n) is 15.9. The van der Waals surface area contributed by atoms with E-state index < -0.39 is 37.5 Å². The zero-order chi connectivity index (χ0) is 21.4. The van der Waals surface area contributed by atoms with Gasteiger partial charge in [0.15, 0.2) is 9.84 Å². The van der Waals surface area contributed by atoms with Gasteiger partial charge in [-0.2, -0.15) is 13.2 Å². The Morgan fingerprint density at radius 1 is 1.10 bits per heavy atom. The molecule has 0 unspecified atom stereocenters. The maximum atomic E-state index is 13.6. The molecule has 0 aromatic heterocycles. The summed E-state index contributed by atoms with van der Waals surface area (Å²) in [4.78, 5) is 11.7. The predicted octanol–water partition coefficient (Wildman–Crippen LogP) is 4.26. The zero-order valence-corrected chi connectivity index (χ0v) is 16.7. The van der Waals surface area contributed by atoms with Crippen molar-refractivity contribution in [3.63, 3.8) is 0 Å². The number of ketones is 1. The minimum absolute atomic E-state index is 0.0224. The third-order valence-corrected chi connectivity index (χ3v) is 8.35. The number of carbonyl (C=O) groups excluding carboxylic acids is 1. The second-order valence-electron chi connectivity index (χ2n) is 8.24. The number of nitrogens with two attached hydrogens (primary N) is 1. The van der Waals surface area contributed by atoms with E-state index in [1.165, 1.54) is 0 Å². The number of hydrogen-bond acceptors (Lipinski definition) is 4. The van der Waals surface area contributed by atoms with Gasteiger partial charge in [-0.3, -0.25) is 4.79 Å². The number of alkyl halides is 3. The Balaban J connectivity index is 1.57. The van der Waals surface area contributed by atoms with Crippen molar-refractivity contribution in [1.82, 2.24) is 0 Å². The molecule has 2 atom stereocenters.